The van der Waals surface area contributed by atoms with Crippen molar-refractivity contribution in [3.8, 4) is 0 Å². The van der Waals surface area contributed by atoms with Gasteiger partial charge in [0.2, 0.25) is 17.7 Å². The zero-order valence-electron chi connectivity index (χ0n) is 11.9. The van der Waals surface area contributed by atoms with Gasteiger partial charge in [-0.1, -0.05) is 0 Å². The highest BCUT2D eigenvalue weighted by Crippen LogP contribution is 2.17. The number of aromatic nitrogens is 1. The van der Waals surface area contributed by atoms with Gasteiger partial charge in [0, 0.05) is 24.3 Å². The van der Waals surface area contributed by atoms with Crippen LogP contribution in [-0.2, 0) is 14.4 Å². The van der Waals surface area contributed by atoms with Gasteiger partial charge in [-0.3, -0.25) is 19.7 Å². The lowest BCUT2D eigenvalue weighted by Gasteiger charge is -2.30. The van der Waals surface area contributed by atoms with E-state index in [1.54, 1.807) is 0 Å². The Labute approximate surface area is 135 Å². The van der Waals surface area contributed by atoms with Gasteiger partial charge >= 0.3 is 0 Å². The second-order valence-electron chi connectivity index (χ2n) is 4.84. The van der Waals surface area contributed by atoms with Crippen molar-refractivity contribution in [1.82, 2.24) is 15.6 Å². The second-order valence-corrected chi connectivity index (χ2v) is 6.79. The van der Waals surface area contributed by atoms with Crippen LogP contribution in [0.2, 0.25) is 0 Å². The minimum atomic E-state index is -0.465. The molecule has 1 aliphatic heterocycles. The molecule has 3 amide bonds. The van der Waals surface area contributed by atoms with Gasteiger partial charge in [0.1, 0.15) is 5.50 Å². The van der Waals surface area contributed by atoms with Gasteiger partial charge in [-0.05, 0) is 6.92 Å². The second kappa shape index (κ2) is 7.56. The number of anilines is 1. The van der Waals surface area contributed by atoms with Crippen LogP contribution in [-0.4, -0.2) is 40.0 Å². The maximum absolute atomic E-state index is 11.8. The van der Waals surface area contributed by atoms with Crippen molar-refractivity contribution in [3.63, 3.8) is 0 Å². The molecule has 1 saturated heterocycles. The van der Waals surface area contributed by atoms with Crippen molar-refractivity contribution in [3.05, 3.63) is 11.1 Å². The average Bonchev–Trinajstić information content (AvgIpc) is 2.80. The maximum atomic E-state index is 11.8. The summed E-state index contributed by atoms with van der Waals surface area (Å²) in [6.07, 6.45) is 0.291. The van der Waals surface area contributed by atoms with E-state index in [9.17, 15) is 14.4 Å². The largest absolute Gasteiger partial charge is 0.370 e. The minimum Gasteiger partial charge on any atom is -0.370 e. The SMILES string of the molecule is Cc1csc(NC(=O)CSC2NC(=O)CC(CC(N)=O)N2)n1. The van der Waals surface area contributed by atoms with Crippen molar-refractivity contribution < 1.29 is 14.4 Å². The Kier molecular flexibility index (Phi) is 5.75. The van der Waals surface area contributed by atoms with Crippen LogP contribution in [0.5, 0.6) is 0 Å². The van der Waals surface area contributed by atoms with Crippen LogP contribution < -0.4 is 21.7 Å². The number of hydrogen-bond acceptors (Lipinski definition) is 7. The summed E-state index contributed by atoms with van der Waals surface area (Å²) in [6.45, 7) is 1.85. The third-order valence-electron chi connectivity index (χ3n) is 2.80. The number of aryl methyl sites for hydroxylation is 1. The molecular formula is C12H17N5O3S2. The van der Waals surface area contributed by atoms with E-state index in [1.807, 2.05) is 12.3 Å². The summed E-state index contributed by atoms with van der Waals surface area (Å²) in [5.41, 5.74) is 5.57. The van der Waals surface area contributed by atoms with E-state index in [2.05, 4.69) is 20.9 Å². The van der Waals surface area contributed by atoms with E-state index in [0.29, 0.717) is 5.13 Å². The predicted octanol–water partition coefficient (Wildman–Crippen LogP) is -0.240. The number of carbonyl (C=O) groups is 3. The van der Waals surface area contributed by atoms with Gasteiger partial charge in [0.05, 0.1) is 11.4 Å². The number of amides is 3. The van der Waals surface area contributed by atoms with Crippen molar-refractivity contribution in [2.24, 2.45) is 5.73 Å². The number of carbonyl (C=O) groups excluding carboxylic acids is 3. The molecule has 0 aromatic carbocycles. The molecular weight excluding hydrogens is 326 g/mol. The first-order chi connectivity index (χ1) is 10.4. The summed E-state index contributed by atoms with van der Waals surface area (Å²) in [6, 6.07) is -0.298. The highest BCUT2D eigenvalue weighted by molar-refractivity contribution is 8.00. The molecule has 10 heteroatoms. The maximum Gasteiger partial charge on any atom is 0.236 e. The fraction of sp³-hybridized carbons (Fsp3) is 0.500. The van der Waals surface area contributed by atoms with E-state index < -0.39 is 11.4 Å². The van der Waals surface area contributed by atoms with Gasteiger partial charge in [-0.2, -0.15) is 0 Å². The Morgan fingerprint density at radius 2 is 2.36 bits per heavy atom. The highest BCUT2D eigenvalue weighted by atomic mass is 32.2. The molecule has 1 aromatic rings. The molecule has 0 saturated carbocycles. The molecule has 0 aliphatic carbocycles. The normalized spacial score (nSPS) is 21.2. The molecule has 8 nitrogen and oxygen atoms in total. The van der Waals surface area contributed by atoms with Crippen LogP contribution in [0.3, 0.4) is 0 Å². The standard InChI is InChI=1S/C12H17N5O3S2/c1-6-4-21-11(14-6)17-10(20)5-22-12-15-7(2-8(13)18)3-9(19)16-12/h4,7,12,15H,2-3,5H2,1H3,(H2,13,18)(H,16,19)(H,14,17,20). The van der Waals surface area contributed by atoms with Gasteiger partial charge < -0.3 is 16.4 Å². The Hall–Kier alpha value is -1.65. The Morgan fingerprint density at radius 1 is 1.59 bits per heavy atom. The summed E-state index contributed by atoms with van der Waals surface area (Å²) >= 11 is 2.59. The Bertz CT molecular complexity index is 575. The molecule has 1 fully saturated rings. The van der Waals surface area contributed by atoms with Crippen LogP contribution in [0, 0.1) is 6.92 Å². The molecule has 2 atom stereocenters. The van der Waals surface area contributed by atoms with E-state index in [-0.39, 0.29) is 36.5 Å². The molecule has 2 unspecified atom stereocenters. The Morgan fingerprint density at radius 3 is 3.00 bits per heavy atom. The first kappa shape index (κ1) is 16.7. The van der Waals surface area contributed by atoms with Crippen molar-refractivity contribution in [2.45, 2.75) is 31.3 Å². The number of thioether (sulfide) groups is 1. The molecule has 0 radical (unpaired) electrons. The summed E-state index contributed by atoms with van der Waals surface area (Å²) in [5, 5.41) is 10.9. The molecule has 22 heavy (non-hydrogen) atoms. The highest BCUT2D eigenvalue weighted by Gasteiger charge is 2.27. The molecule has 0 bridgehead atoms. The Balaban J connectivity index is 1.78. The third-order valence-corrected chi connectivity index (χ3v) is 4.70. The molecule has 1 aliphatic rings. The van der Waals surface area contributed by atoms with E-state index in [0.717, 1.165) is 5.69 Å². The molecule has 2 heterocycles. The summed E-state index contributed by atoms with van der Waals surface area (Å²) < 4.78 is 0. The lowest BCUT2D eigenvalue weighted by molar-refractivity contribution is -0.124. The van der Waals surface area contributed by atoms with Crippen LogP contribution in [0.15, 0.2) is 5.38 Å². The van der Waals surface area contributed by atoms with Crippen molar-refractivity contribution in [2.75, 3.05) is 11.1 Å². The topological polar surface area (TPSA) is 126 Å². The van der Waals surface area contributed by atoms with Crippen LogP contribution in [0.4, 0.5) is 5.13 Å². The lowest BCUT2D eigenvalue weighted by atomic mass is 10.1. The van der Waals surface area contributed by atoms with Crippen LogP contribution in [0.25, 0.3) is 0 Å². The monoisotopic (exact) mass is 343 g/mol. The van der Waals surface area contributed by atoms with E-state index in [1.165, 1.54) is 23.1 Å². The van der Waals surface area contributed by atoms with Gasteiger partial charge in [0.15, 0.2) is 5.13 Å². The van der Waals surface area contributed by atoms with Crippen LogP contribution in [0.1, 0.15) is 18.5 Å². The molecule has 0 spiro atoms. The average molecular weight is 343 g/mol. The fourth-order valence-electron chi connectivity index (χ4n) is 1.93. The zero-order chi connectivity index (χ0) is 16.1. The number of rotatable bonds is 6. The fourth-order valence-corrected chi connectivity index (χ4v) is 3.53. The molecule has 5 N–H and O–H groups in total. The first-order valence-corrected chi connectivity index (χ1v) is 8.52. The smallest absolute Gasteiger partial charge is 0.236 e. The summed E-state index contributed by atoms with van der Waals surface area (Å²) in [4.78, 5) is 38.5. The lowest BCUT2D eigenvalue weighted by Crippen LogP contribution is -2.55. The van der Waals surface area contributed by atoms with Gasteiger partial charge in [-0.15, -0.1) is 23.1 Å². The number of nitrogens with zero attached hydrogens (tertiary/aromatic N) is 1. The number of primary amides is 1. The van der Waals surface area contributed by atoms with Gasteiger partial charge in [0.25, 0.3) is 0 Å². The predicted molar refractivity (Wildman–Crippen MR) is 85.2 cm³/mol. The number of hydrogen-bond donors (Lipinski definition) is 4. The molecule has 120 valence electrons. The van der Waals surface area contributed by atoms with Crippen molar-refractivity contribution >= 4 is 46.0 Å². The zero-order valence-corrected chi connectivity index (χ0v) is 13.6. The minimum absolute atomic E-state index is 0.0923. The van der Waals surface area contributed by atoms with Gasteiger partial charge in [-0.25, -0.2) is 4.98 Å². The first-order valence-electron chi connectivity index (χ1n) is 6.59. The van der Waals surface area contributed by atoms with E-state index >= 15 is 0 Å². The quantitative estimate of drug-likeness (QED) is 0.565. The van der Waals surface area contributed by atoms with Crippen molar-refractivity contribution in [1.29, 1.82) is 0 Å². The number of thiazole rings is 1. The molecule has 2 rings (SSSR count). The molecule has 1 aromatic heterocycles. The third kappa shape index (κ3) is 5.28. The number of nitrogens with one attached hydrogen (secondary N) is 3. The summed E-state index contributed by atoms with van der Waals surface area (Å²) in [7, 11) is 0. The van der Waals surface area contributed by atoms with E-state index in [4.69, 9.17) is 5.73 Å². The summed E-state index contributed by atoms with van der Waals surface area (Å²) in [5.74, 6) is -0.682. The number of nitrogens with two attached hydrogens (primary N) is 1. The van der Waals surface area contributed by atoms with Crippen LogP contribution >= 0.6 is 23.1 Å².